The number of nitrogens with zero attached hydrogens (tertiary/aromatic N) is 1. The molecule has 2 N–H and O–H groups in total. The van der Waals surface area contributed by atoms with Crippen LogP contribution >= 0.6 is 0 Å². The molecule has 0 aromatic carbocycles. The van der Waals surface area contributed by atoms with Gasteiger partial charge in [0.15, 0.2) is 0 Å². The van der Waals surface area contributed by atoms with Crippen molar-refractivity contribution in [2.75, 3.05) is 13.1 Å². The highest BCUT2D eigenvalue weighted by Gasteiger charge is 2.32. The van der Waals surface area contributed by atoms with E-state index in [1.165, 1.54) is 0 Å². The minimum absolute atomic E-state index is 0.0406. The van der Waals surface area contributed by atoms with Gasteiger partial charge in [0, 0.05) is 19.5 Å². The van der Waals surface area contributed by atoms with Crippen LogP contribution in [0.5, 0.6) is 0 Å². The molecule has 0 aromatic heterocycles. The zero-order valence-corrected chi connectivity index (χ0v) is 7.83. The van der Waals surface area contributed by atoms with Crippen LogP contribution < -0.4 is 5.43 Å². The Bertz CT molecular complexity index is 238. The molecule has 0 saturated carbocycles. The summed E-state index contributed by atoms with van der Waals surface area (Å²) in [6.07, 6.45) is 0.454. The first-order valence-corrected chi connectivity index (χ1v) is 4.20. The van der Waals surface area contributed by atoms with Gasteiger partial charge in [-0.25, -0.2) is 5.01 Å². The fourth-order valence-electron chi connectivity index (χ4n) is 1.19. The topological polar surface area (TPSA) is 69.6 Å². The Morgan fingerprint density at radius 3 is 2.69 bits per heavy atom. The Labute approximate surface area is 76.7 Å². The molecule has 0 atom stereocenters. The summed E-state index contributed by atoms with van der Waals surface area (Å²) in [6, 6.07) is 0. The molecule has 0 spiro atoms. The fraction of sp³-hybridized carbons (Fsp3) is 0.750. The third-order valence-corrected chi connectivity index (χ3v) is 2.06. The van der Waals surface area contributed by atoms with Gasteiger partial charge in [0.2, 0.25) is 5.91 Å². The highest BCUT2D eigenvalue weighted by molar-refractivity contribution is 5.77. The molecule has 13 heavy (non-hydrogen) atoms. The van der Waals surface area contributed by atoms with Gasteiger partial charge in [-0.3, -0.25) is 15.0 Å². The minimum Gasteiger partial charge on any atom is -0.481 e. The van der Waals surface area contributed by atoms with E-state index in [0.29, 0.717) is 19.5 Å². The van der Waals surface area contributed by atoms with Gasteiger partial charge in [-0.2, -0.15) is 0 Å². The number of carbonyl (C=O) groups excluding carboxylic acids is 1. The third kappa shape index (κ3) is 2.42. The van der Waals surface area contributed by atoms with Crippen molar-refractivity contribution in [1.82, 2.24) is 10.4 Å². The average Bonchev–Trinajstić information content (AvgIpc) is 2.34. The lowest BCUT2D eigenvalue weighted by Crippen LogP contribution is -2.43. The summed E-state index contributed by atoms with van der Waals surface area (Å²) >= 11 is 0. The normalized spacial score (nSPS) is 18.8. The van der Waals surface area contributed by atoms with Crippen molar-refractivity contribution in [2.45, 2.75) is 20.3 Å². The summed E-state index contributed by atoms with van der Waals surface area (Å²) in [6.45, 7) is 4.21. The first-order chi connectivity index (χ1) is 5.92. The predicted molar refractivity (Wildman–Crippen MR) is 45.7 cm³/mol. The summed E-state index contributed by atoms with van der Waals surface area (Å²) in [7, 11) is 0. The van der Waals surface area contributed by atoms with Crippen molar-refractivity contribution in [3.05, 3.63) is 0 Å². The fourth-order valence-corrected chi connectivity index (χ4v) is 1.19. The van der Waals surface area contributed by atoms with E-state index in [2.05, 4.69) is 5.43 Å². The van der Waals surface area contributed by atoms with Gasteiger partial charge in [-0.1, -0.05) is 0 Å². The maximum Gasteiger partial charge on any atom is 0.310 e. The summed E-state index contributed by atoms with van der Waals surface area (Å²) in [4.78, 5) is 21.6. The highest BCUT2D eigenvalue weighted by Crippen LogP contribution is 2.17. The summed E-state index contributed by atoms with van der Waals surface area (Å²) in [5, 5.41) is 10.5. The van der Waals surface area contributed by atoms with E-state index >= 15 is 0 Å². The molecule has 5 nitrogen and oxygen atoms in total. The number of carbonyl (C=O) groups is 2. The Morgan fingerprint density at radius 2 is 2.31 bits per heavy atom. The lowest BCUT2D eigenvalue weighted by atomic mass is 9.94. The summed E-state index contributed by atoms with van der Waals surface area (Å²) < 4.78 is 0. The van der Waals surface area contributed by atoms with Crippen LogP contribution in [0.15, 0.2) is 0 Å². The lowest BCUT2D eigenvalue weighted by Gasteiger charge is -2.25. The number of amides is 1. The number of rotatable bonds is 3. The number of hydrogen-bond acceptors (Lipinski definition) is 3. The van der Waals surface area contributed by atoms with Gasteiger partial charge in [-0.15, -0.1) is 0 Å². The van der Waals surface area contributed by atoms with Crippen LogP contribution in [-0.4, -0.2) is 35.1 Å². The van der Waals surface area contributed by atoms with E-state index in [-0.39, 0.29) is 5.91 Å². The van der Waals surface area contributed by atoms with Crippen LogP contribution in [0.25, 0.3) is 0 Å². The van der Waals surface area contributed by atoms with Crippen molar-refractivity contribution in [2.24, 2.45) is 5.41 Å². The molecule has 0 aromatic rings. The molecule has 0 aliphatic carbocycles. The standard InChI is InChI=1S/C8H14N2O3/c1-8(2,7(12)13)5-10-4-3-6(11)9-10/h3-5H2,1-2H3,(H,9,11)(H,12,13). The Kier molecular flexibility index (Phi) is 2.56. The number of carboxylic acid groups (broad SMARTS) is 1. The second-order valence-corrected chi connectivity index (χ2v) is 3.90. The van der Waals surface area contributed by atoms with Gasteiger partial charge in [-0.05, 0) is 13.8 Å². The highest BCUT2D eigenvalue weighted by atomic mass is 16.4. The van der Waals surface area contributed by atoms with Gasteiger partial charge in [0.1, 0.15) is 0 Å². The molecule has 1 heterocycles. The maximum absolute atomic E-state index is 10.8. The second kappa shape index (κ2) is 3.33. The van der Waals surface area contributed by atoms with Crippen LogP contribution in [0.4, 0.5) is 0 Å². The maximum atomic E-state index is 10.8. The molecule has 74 valence electrons. The Morgan fingerprint density at radius 1 is 1.69 bits per heavy atom. The van der Waals surface area contributed by atoms with E-state index in [1.54, 1.807) is 18.9 Å². The van der Waals surface area contributed by atoms with Gasteiger partial charge in [0.05, 0.1) is 5.41 Å². The molecule has 1 rings (SSSR count). The molecule has 1 aliphatic heterocycles. The molecule has 1 aliphatic rings. The number of hydrazine groups is 1. The molecule has 0 bridgehead atoms. The SMILES string of the molecule is CC(C)(CN1CCC(=O)N1)C(=O)O. The van der Waals surface area contributed by atoms with Crippen molar-refractivity contribution >= 4 is 11.9 Å². The predicted octanol–water partition coefficient (Wildman–Crippen LogP) is -0.166. The monoisotopic (exact) mass is 186 g/mol. The Balaban J connectivity index is 2.49. The van der Waals surface area contributed by atoms with Crippen LogP contribution in [0.3, 0.4) is 0 Å². The molecule has 1 fully saturated rings. The quantitative estimate of drug-likeness (QED) is 0.642. The number of nitrogens with one attached hydrogen (secondary N) is 1. The minimum atomic E-state index is -0.853. The van der Waals surface area contributed by atoms with Gasteiger partial charge >= 0.3 is 5.97 Å². The van der Waals surface area contributed by atoms with E-state index < -0.39 is 11.4 Å². The molecule has 1 saturated heterocycles. The molecular formula is C8H14N2O3. The third-order valence-electron chi connectivity index (χ3n) is 2.06. The lowest BCUT2D eigenvalue weighted by molar-refractivity contribution is -0.148. The van der Waals surface area contributed by atoms with Crippen LogP contribution in [0.2, 0.25) is 0 Å². The summed E-state index contributed by atoms with van der Waals surface area (Å²) in [5.74, 6) is -0.894. The van der Waals surface area contributed by atoms with Crippen LogP contribution in [0, 0.1) is 5.41 Å². The van der Waals surface area contributed by atoms with Crippen molar-refractivity contribution in [3.63, 3.8) is 0 Å². The number of hydrogen-bond donors (Lipinski definition) is 2. The first-order valence-electron chi connectivity index (χ1n) is 4.20. The van der Waals surface area contributed by atoms with Crippen LogP contribution in [0.1, 0.15) is 20.3 Å². The Hall–Kier alpha value is -1.10. The van der Waals surface area contributed by atoms with E-state index in [9.17, 15) is 9.59 Å². The second-order valence-electron chi connectivity index (χ2n) is 3.90. The van der Waals surface area contributed by atoms with Crippen LogP contribution in [-0.2, 0) is 9.59 Å². The first kappa shape index (κ1) is 9.98. The van der Waals surface area contributed by atoms with Crippen molar-refractivity contribution < 1.29 is 14.7 Å². The zero-order chi connectivity index (χ0) is 10.1. The molecule has 5 heteroatoms. The van der Waals surface area contributed by atoms with Crippen molar-refractivity contribution in [3.8, 4) is 0 Å². The molecule has 1 amide bonds. The number of aliphatic carboxylic acids is 1. The zero-order valence-electron chi connectivity index (χ0n) is 7.83. The largest absolute Gasteiger partial charge is 0.481 e. The smallest absolute Gasteiger partial charge is 0.310 e. The van der Waals surface area contributed by atoms with E-state index in [0.717, 1.165) is 0 Å². The average molecular weight is 186 g/mol. The van der Waals surface area contributed by atoms with Gasteiger partial charge in [0.25, 0.3) is 0 Å². The number of carboxylic acids is 1. The van der Waals surface area contributed by atoms with Gasteiger partial charge < -0.3 is 5.11 Å². The van der Waals surface area contributed by atoms with E-state index in [4.69, 9.17) is 5.11 Å². The van der Waals surface area contributed by atoms with Crippen molar-refractivity contribution in [1.29, 1.82) is 0 Å². The summed E-state index contributed by atoms with van der Waals surface area (Å²) in [5.41, 5.74) is 1.77. The molecule has 0 radical (unpaired) electrons. The van der Waals surface area contributed by atoms with E-state index in [1.807, 2.05) is 0 Å². The molecule has 0 unspecified atom stereocenters. The molecular weight excluding hydrogens is 172 g/mol.